The molecular weight excluding hydrogens is 492 g/mol. The molecule has 4 aromatic heterocycles. The van der Waals surface area contributed by atoms with E-state index < -0.39 is 0 Å². The predicted octanol–water partition coefficient (Wildman–Crippen LogP) is 3.17. The van der Waals surface area contributed by atoms with Gasteiger partial charge in [-0.1, -0.05) is 17.7 Å². The van der Waals surface area contributed by atoms with Gasteiger partial charge in [0, 0.05) is 72.9 Å². The van der Waals surface area contributed by atoms with Gasteiger partial charge in [-0.05, 0) is 25.8 Å². The standard InChI is InChI=1S/C26H29ClN8O2/c1-15-22(28)26(13-37-15)5-8-33(9-6-26)25-30-24-20(23-29-7-10-35(23)25)17(12-34(24)14-36)16-3-4-19-18(21(16)27)11-32(2)31-19/h3-4,7,10-12,15,22,36H,5-6,8-9,13-14,28H2,1-2H3/t15-,22+/m0/s1. The number of aliphatic hydroxyl groups excluding tert-OH is 1. The number of piperidine rings is 1. The summed E-state index contributed by atoms with van der Waals surface area (Å²) in [6.45, 7) is 4.22. The van der Waals surface area contributed by atoms with Crippen LogP contribution in [-0.4, -0.2) is 65.7 Å². The van der Waals surface area contributed by atoms with Gasteiger partial charge in [-0.25, -0.2) is 4.98 Å². The minimum Gasteiger partial charge on any atom is -0.376 e. The Morgan fingerprint density at radius 3 is 2.73 bits per heavy atom. The van der Waals surface area contributed by atoms with Crippen LogP contribution in [-0.2, 0) is 18.5 Å². The van der Waals surface area contributed by atoms with E-state index in [2.05, 4.69) is 16.9 Å². The van der Waals surface area contributed by atoms with E-state index in [1.54, 1.807) is 15.4 Å². The Morgan fingerprint density at radius 1 is 1.19 bits per heavy atom. The Labute approximate surface area is 218 Å². The summed E-state index contributed by atoms with van der Waals surface area (Å²) in [5.41, 5.74) is 10.6. The lowest BCUT2D eigenvalue weighted by Crippen LogP contribution is -2.51. The quantitative estimate of drug-likeness (QED) is 0.376. The Kier molecular flexibility index (Phi) is 5.07. The number of ether oxygens (including phenoxy) is 1. The fraction of sp³-hybridized carbons (Fsp3) is 0.423. The minimum atomic E-state index is -0.209. The van der Waals surface area contributed by atoms with Crippen LogP contribution in [0.1, 0.15) is 19.8 Å². The number of aryl methyl sites for hydroxylation is 1. The molecule has 0 saturated carbocycles. The number of imidazole rings is 1. The van der Waals surface area contributed by atoms with E-state index in [1.165, 1.54) is 0 Å². The second kappa shape index (κ2) is 8.16. The van der Waals surface area contributed by atoms with Gasteiger partial charge in [-0.3, -0.25) is 9.08 Å². The summed E-state index contributed by atoms with van der Waals surface area (Å²) in [4.78, 5) is 12.1. The molecule has 11 heteroatoms. The maximum Gasteiger partial charge on any atom is 0.213 e. The average molecular weight is 521 g/mol. The zero-order chi connectivity index (χ0) is 25.5. The SMILES string of the molecule is C[C@@H]1OCC2(CCN(c3nc4c(c(-c5ccc6nn(C)cc6c5Cl)cn4CO)c4nccn34)CC2)[C@@H]1N. The van der Waals surface area contributed by atoms with Crippen molar-refractivity contribution in [3.8, 4) is 11.1 Å². The number of anilines is 1. The van der Waals surface area contributed by atoms with Gasteiger partial charge in [0.1, 0.15) is 12.4 Å². The number of rotatable bonds is 3. The highest BCUT2D eigenvalue weighted by molar-refractivity contribution is 6.38. The molecule has 2 aliphatic heterocycles. The number of fused-ring (bicyclic) bond motifs is 4. The zero-order valence-corrected chi connectivity index (χ0v) is 21.6. The molecule has 0 aliphatic carbocycles. The predicted molar refractivity (Wildman–Crippen MR) is 143 cm³/mol. The largest absolute Gasteiger partial charge is 0.376 e. The first-order valence-electron chi connectivity index (χ1n) is 12.6. The Balaban J connectivity index is 1.36. The Bertz CT molecular complexity index is 1660. The molecule has 2 saturated heterocycles. The monoisotopic (exact) mass is 520 g/mol. The van der Waals surface area contributed by atoms with Crippen LogP contribution in [0.5, 0.6) is 0 Å². The van der Waals surface area contributed by atoms with Gasteiger partial charge < -0.3 is 25.0 Å². The van der Waals surface area contributed by atoms with Crippen LogP contribution in [0.15, 0.2) is 36.9 Å². The lowest BCUT2D eigenvalue weighted by molar-refractivity contribution is 0.0973. The van der Waals surface area contributed by atoms with Gasteiger partial charge in [0.05, 0.1) is 28.6 Å². The molecule has 0 unspecified atom stereocenters. The van der Waals surface area contributed by atoms with Crippen molar-refractivity contribution in [2.75, 3.05) is 24.6 Å². The molecular formula is C26H29ClN8O2. The van der Waals surface area contributed by atoms with Crippen molar-refractivity contribution in [2.45, 2.75) is 38.6 Å². The molecule has 2 atom stereocenters. The lowest BCUT2D eigenvalue weighted by Gasteiger charge is -2.41. The van der Waals surface area contributed by atoms with E-state index in [-0.39, 0.29) is 24.3 Å². The molecule has 192 valence electrons. The van der Waals surface area contributed by atoms with Crippen molar-refractivity contribution in [1.82, 2.24) is 28.7 Å². The fourth-order valence-electron chi connectivity index (χ4n) is 6.23. The third-order valence-electron chi connectivity index (χ3n) is 8.40. The first kappa shape index (κ1) is 23.0. The van der Waals surface area contributed by atoms with Crippen LogP contribution in [0.3, 0.4) is 0 Å². The maximum atomic E-state index is 10.3. The number of halogens is 1. The number of hydrogen-bond acceptors (Lipinski definition) is 7. The van der Waals surface area contributed by atoms with Crippen molar-refractivity contribution in [3.05, 3.63) is 41.9 Å². The Morgan fingerprint density at radius 2 is 2.00 bits per heavy atom. The van der Waals surface area contributed by atoms with Gasteiger partial charge in [-0.15, -0.1) is 0 Å². The van der Waals surface area contributed by atoms with Gasteiger partial charge >= 0.3 is 0 Å². The molecule has 1 spiro atoms. The molecule has 6 heterocycles. The van der Waals surface area contributed by atoms with Crippen molar-refractivity contribution in [1.29, 1.82) is 0 Å². The molecule has 5 aromatic rings. The highest BCUT2D eigenvalue weighted by atomic mass is 35.5. The van der Waals surface area contributed by atoms with Crippen LogP contribution in [0.2, 0.25) is 5.02 Å². The van der Waals surface area contributed by atoms with Gasteiger partial charge in [0.15, 0.2) is 5.65 Å². The highest BCUT2D eigenvalue weighted by Crippen LogP contribution is 2.43. The van der Waals surface area contributed by atoms with Crippen molar-refractivity contribution in [3.63, 3.8) is 0 Å². The van der Waals surface area contributed by atoms with Crippen LogP contribution >= 0.6 is 11.6 Å². The second-order valence-corrected chi connectivity index (χ2v) is 10.8. The lowest BCUT2D eigenvalue weighted by atomic mass is 9.73. The number of aliphatic hydroxyl groups is 1. The van der Waals surface area contributed by atoms with E-state index in [9.17, 15) is 5.11 Å². The number of nitrogens with zero attached hydrogens (tertiary/aromatic N) is 7. The van der Waals surface area contributed by atoms with Gasteiger partial charge in [0.25, 0.3) is 0 Å². The second-order valence-electron chi connectivity index (χ2n) is 10.4. The van der Waals surface area contributed by atoms with Crippen molar-refractivity contribution >= 4 is 45.1 Å². The molecule has 0 radical (unpaired) electrons. The Hall–Kier alpha value is -3.18. The molecule has 2 fully saturated rings. The molecule has 2 aliphatic rings. The molecule has 37 heavy (non-hydrogen) atoms. The summed E-state index contributed by atoms with van der Waals surface area (Å²) in [6, 6.07) is 3.99. The molecule has 0 amide bonds. The highest BCUT2D eigenvalue weighted by Gasteiger charge is 2.47. The summed E-state index contributed by atoms with van der Waals surface area (Å²) in [5, 5.41) is 17.1. The zero-order valence-electron chi connectivity index (χ0n) is 20.8. The number of aromatic nitrogens is 6. The number of hydrogen-bond donors (Lipinski definition) is 2. The molecule has 7 rings (SSSR count). The van der Waals surface area contributed by atoms with Crippen molar-refractivity contribution in [2.24, 2.45) is 18.2 Å². The minimum absolute atomic E-state index is 0.0221. The van der Waals surface area contributed by atoms with Crippen molar-refractivity contribution < 1.29 is 9.84 Å². The summed E-state index contributed by atoms with van der Waals surface area (Å²) in [5.74, 6) is 0.809. The van der Waals surface area contributed by atoms with E-state index in [0.717, 1.165) is 71.5 Å². The third-order valence-corrected chi connectivity index (χ3v) is 8.81. The smallest absolute Gasteiger partial charge is 0.213 e. The van der Waals surface area contributed by atoms with E-state index in [0.29, 0.717) is 10.7 Å². The normalized spacial score (nSPS) is 21.8. The van der Waals surface area contributed by atoms with Crippen LogP contribution in [0.4, 0.5) is 5.95 Å². The van der Waals surface area contributed by atoms with Crippen LogP contribution in [0.25, 0.3) is 38.7 Å². The first-order valence-corrected chi connectivity index (χ1v) is 13.0. The van der Waals surface area contributed by atoms with E-state index in [1.807, 2.05) is 42.2 Å². The summed E-state index contributed by atoms with van der Waals surface area (Å²) in [7, 11) is 1.88. The fourth-order valence-corrected chi connectivity index (χ4v) is 6.54. The molecule has 0 bridgehead atoms. The van der Waals surface area contributed by atoms with Gasteiger partial charge in [-0.2, -0.15) is 10.1 Å². The van der Waals surface area contributed by atoms with Crippen LogP contribution in [0, 0.1) is 5.41 Å². The summed E-state index contributed by atoms with van der Waals surface area (Å²) in [6.07, 6.45) is 9.54. The average Bonchev–Trinajstić information content (AvgIpc) is 3.67. The van der Waals surface area contributed by atoms with Crippen LogP contribution < -0.4 is 10.6 Å². The number of nitrogens with two attached hydrogens (primary N) is 1. The first-order chi connectivity index (χ1) is 17.9. The summed E-state index contributed by atoms with van der Waals surface area (Å²) < 4.78 is 11.4. The van der Waals surface area contributed by atoms with Gasteiger partial charge in [0.2, 0.25) is 5.95 Å². The topological polar surface area (TPSA) is 112 Å². The third kappa shape index (κ3) is 3.26. The summed E-state index contributed by atoms with van der Waals surface area (Å²) >= 11 is 6.90. The maximum absolute atomic E-state index is 10.3. The molecule has 10 nitrogen and oxygen atoms in total. The van der Waals surface area contributed by atoms with E-state index >= 15 is 0 Å². The molecule has 3 N–H and O–H groups in total. The number of benzene rings is 1. The molecule has 1 aromatic carbocycles. The van der Waals surface area contributed by atoms with E-state index in [4.69, 9.17) is 32.0 Å².